The number of rotatable bonds is 8. The topological polar surface area (TPSA) is 107 Å². The van der Waals surface area contributed by atoms with Gasteiger partial charge in [-0.15, -0.1) is 0 Å². The predicted octanol–water partition coefficient (Wildman–Crippen LogP) is 3.83. The molecule has 0 radical (unpaired) electrons. The minimum absolute atomic E-state index is 0.158. The third-order valence-electron chi connectivity index (χ3n) is 4.74. The Balaban J connectivity index is 1.59. The van der Waals surface area contributed by atoms with E-state index in [9.17, 15) is 0 Å². The Morgan fingerprint density at radius 2 is 1.97 bits per heavy atom. The molecular formula is C22H22N6O. The standard InChI is InChI=1S/C22H22N6O/c23-13-15-6-8-25-21(10-15)28-22-12-18(16-2-3-16)11-19(27-22)17-4-5-20(26-14-17)24-7-1-9-29/h4-6,8,10-12,14,16,29H,1-3,7,9H2,(H,24,26)(H,25,27,28). The van der Waals surface area contributed by atoms with Crippen molar-refractivity contribution in [3.8, 4) is 17.3 Å². The lowest BCUT2D eigenvalue weighted by atomic mass is 10.1. The minimum atomic E-state index is 0.158. The smallest absolute Gasteiger partial charge is 0.132 e. The van der Waals surface area contributed by atoms with E-state index in [1.807, 2.05) is 12.1 Å². The summed E-state index contributed by atoms with van der Waals surface area (Å²) in [5.41, 5.74) is 3.58. The Hall–Kier alpha value is -3.50. The van der Waals surface area contributed by atoms with Gasteiger partial charge in [-0.2, -0.15) is 5.26 Å². The Morgan fingerprint density at radius 1 is 1.07 bits per heavy atom. The molecule has 3 aromatic rings. The molecular weight excluding hydrogens is 364 g/mol. The molecule has 3 N–H and O–H groups in total. The van der Waals surface area contributed by atoms with Crippen LogP contribution in [-0.4, -0.2) is 33.2 Å². The van der Waals surface area contributed by atoms with Gasteiger partial charge < -0.3 is 15.7 Å². The number of nitrogens with one attached hydrogen (secondary N) is 2. The van der Waals surface area contributed by atoms with Crippen molar-refractivity contribution in [2.45, 2.75) is 25.2 Å². The third kappa shape index (κ3) is 4.86. The lowest BCUT2D eigenvalue weighted by Gasteiger charge is -2.11. The van der Waals surface area contributed by atoms with Crippen molar-refractivity contribution in [1.29, 1.82) is 5.26 Å². The minimum Gasteiger partial charge on any atom is -0.396 e. The molecule has 146 valence electrons. The molecule has 0 aliphatic heterocycles. The molecule has 0 atom stereocenters. The van der Waals surface area contributed by atoms with E-state index in [0.29, 0.717) is 36.1 Å². The number of aromatic nitrogens is 3. The van der Waals surface area contributed by atoms with Crippen LogP contribution in [-0.2, 0) is 0 Å². The molecule has 0 aromatic carbocycles. The van der Waals surface area contributed by atoms with Gasteiger partial charge in [0.25, 0.3) is 0 Å². The van der Waals surface area contributed by atoms with E-state index in [4.69, 9.17) is 15.4 Å². The van der Waals surface area contributed by atoms with Crippen LogP contribution in [0.15, 0.2) is 48.8 Å². The lowest BCUT2D eigenvalue weighted by molar-refractivity contribution is 0.292. The highest BCUT2D eigenvalue weighted by atomic mass is 16.3. The molecule has 1 fully saturated rings. The largest absolute Gasteiger partial charge is 0.396 e. The van der Waals surface area contributed by atoms with Gasteiger partial charge in [-0.3, -0.25) is 0 Å². The zero-order valence-corrected chi connectivity index (χ0v) is 16.0. The van der Waals surface area contributed by atoms with Crippen molar-refractivity contribution in [1.82, 2.24) is 15.0 Å². The van der Waals surface area contributed by atoms with Crippen molar-refractivity contribution in [2.24, 2.45) is 0 Å². The Bertz CT molecular complexity index is 1020. The number of nitriles is 1. The van der Waals surface area contributed by atoms with E-state index in [0.717, 1.165) is 17.1 Å². The number of aliphatic hydroxyl groups excluding tert-OH is 1. The van der Waals surface area contributed by atoms with Crippen LogP contribution in [0.5, 0.6) is 0 Å². The van der Waals surface area contributed by atoms with Crippen molar-refractivity contribution >= 4 is 17.5 Å². The Kier molecular flexibility index (Phi) is 5.63. The highest BCUT2D eigenvalue weighted by Gasteiger charge is 2.25. The van der Waals surface area contributed by atoms with Crippen LogP contribution in [0.25, 0.3) is 11.3 Å². The fourth-order valence-electron chi connectivity index (χ4n) is 3.06. The van der Waals surface area contributed by atoms with Gasteiger partial charge in [0.15, 0.2) is 0 Å². The van der Waals surface area contributed by atoms with Crippen molar-refractivity contribution in [2.75, 3.05) is 23.8 Å². The molecule has 1 saturated carbocycles. The first kappa shape index (κ1) is 18.8. The predicted molar refractivity (Wildman–Crippen MR) is 112 cm³/mol. The summed E-state index contributed by atoms with van der Waals surface area (Å²) >= 11 is 0. The summed E-state index contributed by atoms with van der Waals surface area (Å²) in [6, 6.07) is 13.6. The number of aliphatic hydroxyl groups is 1. The van der Waals surface area contributed by atoms with Gasteiger partial charge in [0.2, 0.25) is 0 Å². The average molecular weight is 386 g/mol. The van der Waals surface area contributed by atoms with Gasteiger partial charge in [-0.25, -0.2) is 15.0 Å². The van der Waals surface area contributed by atoms with E-state index < -0.39 is 0 Å². The van der Waals surface area contributed by atoms with Crippen LogP contribution in [0.1, 0.15) is 36.3 Å². The summed E-state index contributed by atoms with van der Waals surface area (Å²) < 4.78 is 0. The fourth-order valence-corrected chi connectivity index (χ4v) is 3.06. The SMILES string of the molecule is N#Cc1ccnc(Nc2cc(C3CC3)cc(-c3ccc(NCCCO)nc3)n2)c1. The Labute approximate surface area is 169 Å². The first-order valence-corrected chi connectivity index (χ1v) is 9.71. The maximum Gasteiger partial charge on any atom is 0.132 e. The molecule has 3 aromatic heterocycles. The van der Waals surface area contributed by atoms with E-state index in [2.05, 4.69) is 38.8 Å². The molecule has 0 amide bonds. The molecule has 1 aliphatic rings. The molecule has 1 aliphatic carbocycles. The van der Waals surface area contributed by atoms with Gasteiger partial charge in [0.05, 0.1) is 17.3 Å². The Morgan fingerprint density at radius 3 is 2.69 bits per heavy atom. The molecule has 0 saturated heterocycles. The fraction of sp³-hybridized carbons (Fsp3) is 0.273. The van der Waals surface area contributed by atoms with E-state index in [1.165, 1.54) is 18.4 Å². The third-order valence-corrected chi connectivity index (χ3v) is 4.74. The summed E-state index contributed by atoms with van der Waals surface area (Å²) in [6.45, 7) is 0.839. The molecule has 4 rings (SSSR count). The average Bonchev–Trinajstić information content (AvgIpc) is 3.60. The molecule has 0 unspecified atom stereocenters. The zero-order valence-electron chi connectivity index (χ0n) is 16.0. The van der Waals surface area contributed by atoms with Crippen molar-refractivity contribution in [3.63, 3.8) is 0 Å². The van der Waals surface area contributed by atoms with Crippen molar-refractivity contribution in [3.05, 3.63) is 59.9 Å². The first-order valence-electron chi connectivity index (χ1n) is 9.71. The molecule has 3 heterocycles. The molecule has 7 nitrogen and oxygen atoms in total. The number of hydrogen-bond donors (Lipinski definition) is 3. The molecule has 0 bridgehead atoms. The second-order valence-corrected chi connectivity index (χ2v) is 7.05. The van der Waals surface area contributed by atoms with Crippen molar-refractivity contribution < 1.29 is 5.11 Å². The first-order chi connectivity index (χ1) is 14.2. The van der Waals surface area contributed by atoms with Crippen LogP contribution >= 0.6 is 0 Å². The zero-order chi connectivity index (χ0) is 20.1. The quantitative estimate of drug-likeness (QED) is 0.505. The highest BCUT2D eigenvalue weighted by Crippen LogP contribution is 2.42. The second kappa shape index (κ2) is 8.67. The van der Waals surface area contributed by atoms with Crippen LogP contribution in [0.2, 0.25) is 0 Å². The van der Waals surface area contributed by atoms with Gasteiger partial charge in [-0.1, -0.05) is 0 Å². The van der Waals surface area contributed by atoms with Gasteiger partial charge in [0, 0.05) is 31.1 Å². The summed E-state index contributed by atoms with van der Waals surface area (Å²) in [5.74, 6) is 2.65. The summed E-state index contributed by atoms with van der Waals surface area (Å²) in [7, 11) is 0. The summed E-state index contributed by atoms with van der Waals surface area (Å²) in [5, 5.41) is 24.4. The highest BCUT2D eigenvalue weighted by molar-refractivity contribution is 5.65. The molecule has 7 heteroatoms. The number of nitrogens with zero attached hydrogens (tertiary/aromatic N) is 4. The van der Waals surface area contributed by atoms with E-state index >= 15 is 0 Å². The molecule has 29 heavy (non-hydrogen) atoms. The van der Waals surface area contributed by atoms with Gasteiger partial charge in [0.1, 0.15) is 17.5 Å². The number of hydrogen-bond acceptors (Lipinski definition) is 7. The summed E-state index contributed by atoms with van der Waals surface area (Å²) in [6.07, 6.45) is 6.48. The van der Waals surface area contributed by atoms with E-state index in [1.54, 1.807) is 24.5 Å². The van der Waals surface area contributed by atoms with Crippen LogP contribution in [0.4, 0.5) is 17.5 Å². The van der Waals surface area contributed by atoms with Crippen LogP contribution in [0, 0.1) is 11.3 Å². The number of anilines is 3. The maximum atomic E-state index is 9.09. The summed E-state index contributed by atoms with van der Waals surface area (Å²) in [4.78, 5) is 13.5. The lowest BCUT2D eigenvalue weighted by Crippen LogP contribution is -2.04. The monoisotopic (exact) mass is 386 g/mol. The van der Waals surface area contributed by atoms with E-state index in [-0.39, 0.29) is 6.61 Å². The van der Waals surface area contributed by atoms with Crippen LogP contribution < -0.4 is 10.6 Å². The van der Waals surface area contributed by atoms with Crippen LogP contribution in [0.3, 0.4) is 0 Å². The van der Waals surface area contributed by atoms with Gasteiger partial charge in [-0.05, 0) is 67.1 Å². The second-order valence-electron chi connectivity index (χ2n) is 7.05. The normalized spacial score (nSPS) is 13.0. The van der Waals surface area contributed by atoms with Gasteiger partial charge >= 0.3 is 0 Å². The number of pyridine rings is 3. The molecule has 0 spiro atoms. The maximum absolute atomic E-state index is 9.09.